The third-order valence-corrected chi connectivity index (χ3v) is 5.53. The molecule has 0 bridgehead atoms. The van der Waals surface area contributed by atoms with Crippen molar-refractivity contribution in [2.45, 2.75) is 13.0 Å². The van der Waals surface area contributed by atoms with Crippen molar-refractivity contribution < 1.29 is 9.32 Å². The Morgan fingerprint density at radius 3 is 2.68 bits per heavy atom. The maximum absolute atomic E-state index is 12.8. The molecule has 0 atom stereocenters. The van der Waals surface area contributed by atoms with Gasteiger partial charge >= 0.3 is 0 Å². The lowest BCUT2D eigenvalue weighted by molar-refractivity contribution is 0.0730. The highest BCUT2D eigenvalue weighted by atomic mass is 127. The first kappa shape index (κ1) is 16.6. The van der Waals surface area contributed by atoms with E-state index in [1.165, 1.54) is 0 Å². The summed E-state index contributed by atoms with van der Waals surface area (Å²) >= 11 is 8.14. The average molecular weight is 465 g/mol. The summed E-state index contributed by atoms with van der Waals surface area (Å²) in [6.07, 6.45) is 0.728. The molecule has 0 aliphatic carbocycles. The molecule has 6 heteroatoms. The van der Waals surface area contributed by atoms with Crippen LogP contribution in [0.25, 0.3) is 11.3 Å². The average Bonchev–Trinajstić information content (AvgIpc) is 3.05. The molecule has 1 amide bonds. The van der Waals surface area contributed by atoms with E-state index in [0.717, 1.165) is 38.1 Å². The van der Waals surface area contributed by atoms with Gasteiger partial charge in [0.1, 0.15) is 5.69 Å². The lowest BCUT2D eigenvalue weighted by Gasteiger charge is -2.26. The molecular formula is C19H14ClIN2O2. The lowest BCUT2D eigenvalue weighted by atomic mass is 10.00. The molecular weight excluding hydrogens is 451 g/mol. The second-order valence-electron chi connectivity index (χ2n) is 5.90. The molecule has 0 saturated heterocycles. The van der Waals surface area contributed by atoms with Gasteiger partial charge in [-0.15, -0.1) is 0 Å². The fourth-order valence-electron chi connectivity index (χ4n) is 3.04. The minimum absolute atomic E-state index is 0.0340. The van der Waals surface area contributed by atoms with Crippen molar-refractivity contribution >= 4 is 40.1 Å². The number of hydrogen-bond donors (Lipinski definition) is 0. The molecule has 4 nitrogen and oxygen atoms in total. The highest BCUT2D eigenvalue weighted by Gasteiger charge is 2.28. The van der Waals surface area contributed by atoms with E-state index in [1.807, 2.05) is 53.4 Å². The van der Waals surface area contributed by atoms with E-state index in [1.54, 1.807) is 0 Å². The van der Waals surface area contributed by atoms with E-state index in [4.69, 9.17) is 16.1 Å². The molecule has 1 aliphatic rings. The van der Waals surface area contributed by atoms with Gasteiger partial charge in [-0.2, -0.15) is 0 Å². The molecule has 0 fully saturated rings. The number of fused-ring (bicyclic) bond motifs is 1. The van der Waals surface area contributed by atoms with Gasteiger partial charge in [-0.05, 0) is 65.4 Å². The largest absolute Gasteiger partial charge is 0.356 e. The standard InChI is InChI=1S/C19H14ClIN2O2/c20-13-7-5-12(6-8-13)18-15-9-10-23(11-17(15)22-25-18)19(24)14-3-1-2-4-16(14)21/h1-8H,9-11H2. The number of hydrogen-bond acceptors (Lipinski definition) is 3. The Kier molecular flexibility index (Phi) is 4.52. The zero-order chi connectivity index (χ0) is 17.4. The van der Waals surface area contributed by atoms with Gasteiger partial charge in [0.05, 0.1) is 12.1 Å². The van der Waals surface area contributed by atoms with Crippen molar-refractivity contribution in [1.29, 1.82) is 0 Å². The summed E-state index contributed by atoms with van der Waals surface area (Å²) in [6.45, 7) is 1.12. The molecule has 1 aliphatic heterocycles. The van der Waals surface area contributed by atoms with Crippen LogP contribution in [-0.2, 0) is 13.0 Å². The molecule has 25 heavy (non-hydrogen) atoms. The number of amides is 1. The third-order valence-electron chi connectivity index (χ3n) is 4.34. The number of aromatic nitrogens is 1. The molecule has 126 valence electrons. The van der Waals surface area contributed by atoms with Crippen molar-refractivity contribution in [3.8, 4) is 11.3 Å². The maximum atomic E-state index is 12.8. The third kappa shape index (κ3) is 3.18. The Bertz CT molecular complexity index is 937. The van der Waals surface area contributed by atoms with Crippen LogP contribution in [0.2, 0.25) is 5.02 Å². The number of benzene rings is 2. The van der Waals surface area contributed by atoms with E-state index in [0.29, 0.717) is 18.1 Å². The second kappa shape index (κ2) is 6.80. The number of nitrogens with zero attached hydrogens (tertiary/aromatic N) is 2. The lowest BCUT2D eigenvalue weighted by Crippen LogP contribution is -2.36. The van der Waals surface area contributed by atoms with Gasteiger partial charge < -0.3 is 9.42 Å². The number of carbonyl (C=O) groups excluding carboxylic acids is 1. The molecule has 3 aromatic rings. The minimum Gasteiger partial charge on any atom is -0.356 e. The molecule has 2 aromatic carbocycles. The Morgan fingerprint density at radius 1 is 1.16 bits per heavy atom. The summed E-state index contributed by atoms with van der Waals surface area (Å²) in [5, 5.41) is 4.89. The molecule has 4 rings (SSSR count). The highest BCUT2D eigenvalue weighted by Crippen LogP contribution is 2.31. The van der Waals surface area contributed by atoms with Gasteiger partial charge in [-0.3, -0.25) is 4.79 Å². The highest BCUT2D eigenvalue weighted by molar-refractivity contribution is 14.1. The van der Waals surface area contributed by atoms with Crippen LogP contribution >= 0.6 is 34.2 Å². The topological polar surface area (TPSA) is 46.3 Å². The Hall–Kier alpha value is -1.86. The van der Waals surface area contributed by atoms with Crippen molar-refractivity contribution in [1.82, 2.24) is 10.1 Å². The number of rotatable bonds is 2. The van der Waals surface area contributed by atoms with Crippen molar-refractivity contribution in [2.24, 2.45) is 0 Å². The summed E-state index contributed by atoms with van der Waals surface area (Å²) in [5.41, 5.74) is 3.59. The van der Waals surface area contributed by atoms with Crippen LogP contribution in [0.1, 0.15) is 21.6 Å². The van der Waals surface area contributed by atoms with E-state index >= 15 is 0 Å². The van der Waals surface area contributed by atoms with Gasteiger partial charge in [0.2, 0.25) is 0 Å². The van der Waals surface area contributed by atoms with E-state index in [2.05, 4.69) is 27.7 Å². The second-order valence-corrected chi connectivity index (χ2v) is 7.50. The van der Waals surface area contributed by atoms with Gasteiger partial charge in [0.25, 0.3) is 5.91 Å². The molecule has 0 saturated carbocycles. The first-order valence-electron chi connectivity index (χ1n) is 7.90. The fraction of sp³-hybridized carbons (Fsp3) is 0.158. The SMILES string of the molecule is O=C(c1ccccc1I)N1CCc2c(noc2-c2ccc(Cl)cc2)C1. The monoisotopic (exact) mass is 464 g/mol. The van der Waals surface area contributed by atoms with Crippen LogP contribution < -0.4 is 0 Å². The van der Waals surface area contributed by atoms with Crippen molar-refractivity contribution in [2.75, 3.05) is 6.54 Å². The van der Waals surface area contributed by atoms with Gasteiger partial charge in [0, 0.05) is 26.3 Å². The summed E-state index contributed by atoms with van der Waals surface area (Å²) in [4.78, 5) is 14.6. The molecule has 2 heterocycles. The van der Waals surface area contributed by atoms with Crippen LogP contribution in [0.15, 0.2) is 53.1 Å². The van der Waals surface area contributed by atoms with Crippen LogP contribution in [0, 0.1) is 3.57 Å². The van der Waals surface area contributed by atoms with Crippen LogP contribution in [0.4, 0.5) is 0 Å². The number of halogens is 2. The summed E-state index contributed by atoms with van der Waals surface area (Å²) < 4.78 is 6.52. The quantitative estimate of drug-likeness (QED) is 0.512. The maximum Gasteiger partial charge on any atom is 0.255 e. The predicted octanol–water partition coefficient (Wildman–Crippen LogP) is 4.80. The van der Waals surface area contributed by atoms with Crippen LogP contribution in [0.5, 0.6) is 0 Å². The molecule has 1 aromatic heterocycles. The van der Waals surface area contributed by atoms with E-state index in [-0.39, 0.29) is 5.91 Å². The first-order chi connectivity index (χ1) is 12.1. The van der Waals surface area contributed by atoms with Gasteiger partial charge in [0.15, 0.2) is 5.76 Å². The van der Waals surface area contributed by atoms with Crippen LogP contribution in [-0.4, -0.2) is 22.5 Å². The molecule has 0 N–H and O–H groups in total. The summed E-state index contributed by atoms with van der Waals surface area (Å²) in [6, 6.07) is 15.1. The Labute approximate surface area is 163 Å². The van der Waals surface area contributed by atoms with Crippen LogP contribution in [0.3, 0.4) is 0 Å². The first-order valence-corrected chi connectivity index (χ1v) is 9.36. The Balaban J connectivity index is 1.60. The minimum atomic E-state index is 0.0340. The van der Waals surface area contributed by atoms with Gasteiger partial charge in [-0.25, -0.2) is 0 Å². The van der Waals surface area contributed by atoms with Gasteiger partial charge in [-0.1, -0.05) is 28.9 Å². The molecule has 0 unspecified atom stereocenters. The normalized spacial score (nSPS) is 13.6. The molecule has 0 radical (unpaired) electrons. The smallest absolute Gasteiger partial charge is 0.255 e. The molecule has 0 spiro atoms. The number of carbonyl (C=O) groups is 1. The van der Waals surface area contributed by atoms with E-state index in [9.17, 15) is 4.79 Å². The fourth-order valence-corrected chi connectivity index (χ4v) is 3.78. The Morgan fingerprint density at radius 2 is 1.92 bits per heavy atom. The summed E-state index contributed by atoms with van der Waals surface area (Å²) in [7, 11) is 0. The zero-order valence-electron chi connectivity index (χ0n) is 13.2. The van der Waals surface area contributed by atoms with E-state index < -0.39 is 0 Å². The zero-order valence-corrected chi connectivity index (χ0v) is 16.1. The predicted molar refractivity (Wildman–Crippen MR) is 105 cm³/mol. The van der Waals surface area contributed by atoms with Crippen molar-refractivity contribution in [3.63, 3.8) is 0 Å². The van der Waals surface area contributed by atoms with Crippen molar-refractivity contribution in [3.05, 3.63) is 73.9 Å². The summed E-state index contributed by atoms with van der Waals surface area (Å²) in [5.74, 6) is 0.805.